The number of amides is 1. The van der Waals surface area contributed by atoms with E-state index in [1.165, 1.54) is 109 Å². The molecule has 498 valence electrons. The van der Waals surface area contributed by atoms with Crippen LogP contribution >= 0.6 is 0 Å². The van der Waals surface area contributed by atoms with Gasteiger partial charge in [0, 0.05) is 6.42 Å². The van der Waals surface area contributed by atoms with Crippen LogP contribution < -0.4 is 5.32 Å². The van der Waals surface area contributed by atoms with Crippen LogP contribution in [0.4, 0.5) is 0 Å². The normalized spacial score (nSPS) is 29.2. The zero-order chi connectivity index (χ0) is 62.6. The van der Waals surface area contributed by atoms with Crippen molar-refractivity contribution >= 4 is 5.91 Å². The Kier molecular flexibility index (Phi) is 44.1. The van der Waals surface area contributed by atoms with Crippen molar-refractivity contribution in [3.63, 3.8) is 0 Å². The van der Waals surface area contributed by atoms with Crippen LogP contribution in [-0.4, -0.2) is 193 Å². The second kappa shape index (κ2) is 49.0. The van der Waals surface area contributed by atoms with E-state index < -0.39 is 124 Å². The van der Waals surface area contributed by atoms with Crippen molar-refractivity contribution in [3.8, 4) is 0 Å². The van der Waals surface area contributed by atoms with Crippen LogP contribution in [0, 0.1) is 0 Å². The van der Waals surface area contributed by atoms with Crippen LogP contribution in [0.3, 0.4) is 0 Å². The molecule has 1 amide bonds. The van der Waals surface area contributed by atoms with Crippen molar-refractivity contribution < 1.29 is 89.4 Å². The number of nitrogens with one attached hydrogen (secondary N) is 1. The maximum atomic E-state index is 13.4. The van der Waals surface area contributed by atoms with Gasteiger partial charge >= 0.3 is 0 Å². The summed E-state index contributed by atoms with van der Waals surface area (Å²) in [5.74, 6) is -0.299. The number of allylic oxidation sites excluding steroid dienone is 11. The third-order valence-electron chi connectivity index (χ3n) is 16.2. The molecule has 12 N–H and O–H groups in total. The van der Waals surface area contributed by atoms with Gasteiger partial charge in [-0.1, -0.05) is 196 Å². The lowest BCUT2D eigenvalue weighted by Gasteiger charge is -2.48. The Labute approximate surface area is 515 Å². The van der Waals surface area contributed by atoms with Gasteiger partial charge in [0.15, 0.2) is 18.9 Å². The van der Waals surface area contributed by atoms with Crippen LogP contribution in [0.15, 0.2) is 72.9 Å². The Morgan fingerprint density at radius 3 is 1.24 bits per heavy atom. The van der Waals surface area contributed by atoms with Gasteiger partial charge in [-0.15, -0.1) is 0 Å². The molecular formula is C67H117NO18. The second-order valence-electron chi connectivity index (χ2n) is 23.6. The van der Waals surface area contributed by atoms with Gasteiger partial charge in [-0.25, -0.2) is 0 Å². The van der Waals surface area contributed by atoms with E-state index >= 15 is 0 Å². The number of hydrogen-bond acceptors (Lipinski definition) is 18. The Bertz CT molecular complexity index is 1850. The molecule has 17 atom stereocenters. The first-order valence-electron chi connectivity index (χ1n) is 33.2. The van der Waals surface area contributed by atoms with Crippen molar-refractivity contribution in [2.75, 3.05) is 26.4 Å². The Balaban J connectivity index is 1.48. The molecular weight excluding hydrogens is 1110 g/mol. The van der Waals surface area contributed by atoms with E-state index in [1.807, 2.05) is 6.08 Å². The van der Waals surface area contributed by atoms with Crippen molar-refractivity contribution in [2.45, 2.75) is 317 Å². The summed E-state index contributed by atoms with van der Waals surface area (Å²) in [6, 6.07) is -1.00. The van der Waals surface area contributed by atoms with Gasteiger partial charge in [-0.05, 0) is 83.5 Å². The predicted molar refractivity (Wildman–Crippen MR) is 332 cm³/mol. The Morgan fingerprint density at radius 1 is 0.419 bits per heavy atom. The molecule has 0 saturated carbocycles. The van der Waals surface area contributed by atoms with E-state index in [-0.39, 0.29) is 18.9 Å². The Hall–Kier alpha value is -2.77. The van der Waals surface area contributed by atoms with E-state index in [2.05, 4.69) is 79.9 Å². The fourth-order valence-electron chi connectivity index (χ4n) is 10.8. The number of ether oxygens (including phenoxy) is 6. The molecule has 0 aromatic carbocycles. The molecule has 19 nitrogen and oxygen atoms in total. The molecule has 0 aliphatic carbocycles. The molecule has 19 heteroatoms. The zero-order valence-corrected chi connectivity index (χ0v) is 52.3. The van der Waals surface area contributed by atoms with Gasteiger partial charge in [0.1, 0.15) is 73.2 Å². The molecule has 3 rings (SSSR count). The summed E-state index contributed by atoms with van der Waals surface area (Å²) in [6.07, 6.45) is 33.0. The quantitative estimate of drug-likeness (QED) is 0.0204. The van der Waals surface area contributed by atoms with Crippen molar-refractivity contribution in [1.29, 1.82) is 0 Å². The standard InChI is InChI=1S/C67H117NO18/c1-3-5-7-9-11-13-15-17-19-21-23-24-25-26-27-29-31-33-35-37-39-41-43-45-55(73)68-50(51(72)44-42-40-38-36-34-32-30-28-22-20-18-16-14-12-10-8-6-4-2)49-81-65-61(79)58(76)63(53(47-70)83-65)86-67-62(80)59(77)64(54(48-71)84-67)85-66-60(78)57(75)56(74)52(46-69)82-66/h15,17,21-23,25-26,28,34,36,42,44,50-54,56-67,69-72,74-80H,3-14,16,18-20,24,27,29-33,35,37-41,43,45-49H2,1-2H3,(H,68,73)/b17-15-,23-21-,26-25-,28-22+,36-34+,44-42+. The van der Waals surface area contributed by atoms with E-state index in [0.717, 1.165) is 70.6 Å². The second-order valence-corrected chi connectivity index (χ2v) is 23.6. The third-order valence-corrected chi connectivity index (χ3v) is 16.2. The summed E-state index contributed by atoms with van der Waals surface area (Å²) < 4.78 is 34.3. The van der Waals surface area contributed by atoms with Crippen molar-refractivity contribution in [2.24, 2.45) is 0 Å². The lowest BCUT2D eigenvalue weighted by molar-refractivity contribution is -0.379. The molecule has 0 radical (unpaired) electrons. The monoisotopic (exact) mass is 1220 g/mol. The number of hydrogen-bond donors (Lipinski definition) is 12. The summed E-state index contributed by atoms with van der Waals surface area (Å²) in [5.41, 5.74) is 0. The third kappa shape index (κ3) is 31.3. The van der Waals surface area contributed by atoms with Crippen LogP contribution in [0.1, 0.15) is 213 Å². The van der Waals surface area contributed by atoms with Gasteiger partial charge < -0.3 is 89.9 Å². The number of rotatable bonds is 49. The topological polar surface area (TPSA) is 307 Å². The van der Waals surface area contributed by atoms with Gasteiger partial charge in [0.25, 0.3) is 0 Å². The Morgan fingerprint density at radius 2 is 0.779 bits per heavy atom. The van der Waals surface area contributed by atoms with Crippen molar-refractivity contribution in [3.05, 3.63) is 72.9 Å². The molecule has 3 fully saturated rings. The molecule has 3 heterocycles. The average molecular weight is 1220 g/mol. The molecule has 0 aromatic rings. The average Bonchev–Trinajstić information content (AvgIpc) is 1.83. The highest BCUT2D eigenvalue weighted by atomic mass is 16.8. The summed E-state index contributed by atoms with van der Waals surface area (Å²) >= 11 is 0. The zero-order valence-electron chi connectivity index (χ0n) is 52.3. The van der Waals surface area contributed by atoms with Crippen LogP contribution in [0.2, 0.25) is 0 Å². The molecule has 3 aliphatic heterocycles. The highest BCUT2D eigenvalue weighted by Crippen LogP contribution is 2.33. The first-order chi connectivity index (χ1) is 41.8. The van der Waals surface area contributed by atoms with Gasteiger partial charge in [0.2, 0.25) is 5.91 Å². The molecule has 0 aromatic heterocycles. The lowest BCUT2D eigenvalue weighted by Crippen LogP contribution is -2.66. The summed E-state index contributed by atoms with van der Waals surface area (Å²) in [4.78, 5) is 13.4. The van der Waals surface area contributed by atoms with Gasteiger partial charge in [-0.3, -0.25) is 4.79 Å². The first-order valence-corrected chi connectivity index (χ1v) is 33.2. The highest BCUT2D eigenvalue weighted by Gasteiger charge is 2.53. The van der Waals surface area contributed by atoms with E-state index in [0.29, 0.717) is 12.8 Å². The minimum atomic E-state index is -1.99. The lowest BCUT2D eigenvalue weighted by atomic mass is 9.96. The number of unbranched alkanes of at least 4 members (excludes halogenated alkanes) is 23. The maximum absolute atomic E-state index is 13.4. The molecule has 0 spiro atoms. The molecule has 3 saturated heterocycles. The number of carbonyl (C=O) groups is 1. The van der Waals surface area contributed by atoms with E-state index in [9.17, 15) is 61.0 Å². The predicted octanol–water partition coefficient (Wildman–Crippen LogP) is 7.77. The summed E-state index contributed by atoms with van der Waals surface area (Å²) in [6.45, 7) is 1.67. The van der Waals surface area contributed by atoms with Gasteiger partial charge in [0.05, 0.1) is 38.6 Å². The highest BCUT2D eigenvalue weighted by molar-refractivity contribution is 5.76. The molecule has 17 unspecified atom stereocenters. The molecule has 86 heavy (non-hydrogen) atoms. The van der Waals surface area contributed by atoms with Crippen LogP contribution in [0.5, 0.6) is 0 Å². The minimum absolute atomic E-state index is 0.220. The largest absolute Gasteiger partial charge is 0.394 e. The fraction of sp³-hybridized carbons (Fsp3) is 0.806. The van der Waals surface area contributed by atoms with E-state index in [4.69, 9.17) is 28.4 Å². The van der Waals surface area contributed by atoms with Gasteiger partial charge in [-0.2, -0.15) is 0 Å². The molecule has 3 aliphatic rings. The number of aliphatic hydroxyl groups is 11. The smallest absolute Gasteiger partial charge is 0.220 e. The van der Waals surface area contributed by atoms with Crippen LogP contribution in [0.25, 0.3) is 0 Å². The molecule has 0 bridgehead atoms. The maximum Gasteiger partial charge on any atom is 0.220 e. The minimum Gasteiger partial charge on any atom is -0.394 e. The van der Waals surface area contributed by atoms with E-state index in [1.54, 1.807) is 6.08 Å². The number of carbonyl (C=O) groups excluding carboxylic acids is 1. The van der Waals surface area contributed by atoms with Crippen molar-refractivity contribution in [1.82, 2.24) is 5.32 Å². The first kappa shape index (κ1) is 77.5. The summed E-state index contributed by atoms with van der Waals surface area (Å²) in [5, 5.41) is 120. The van der Waals surface area contributed by atoms with Crippen LogP contribution in [-0.2, 0) is 33.2 Å². The number of aliphatic hydroxyl groups excluding tert-OH is 11. The summed E-state index contributed by atoms with van der Waals surface area (Å²) in [7, 11) is 0. The fourth-order valence-corrected chi connectivity index (χ4v) is 10.8. The SMILES string of the molecule is CCCCCCC/C=C\C/C=C\C/C=C\CCCCCCCCCCC(=O)NC(COC1OC(CO)C(OC2OC(CO)C(OC3OC(CO)C(O)C(O)C3O)C(O)C2O)C(O)C1O)C(O)/C=C/CC/C=C/CC/C=C/CCCCCCCCCC.